The Morgan fingerprint density at radius 3 is 2.32 bits per heavy atom. The molecule has 3 amide bonds. The van der Waals surface area contributed by atoms with Gasteiger partial charge in [-0.05, 0) is 42.6 Å². The smallest absolute Gasteiger partial charge is 0.265 e. The Morgan fingerprint density at radius 2 is 1.71 bits per heavy atom. The molecule has 1 saturated heterocycles. The summed E-state index contributed by atoms with van der Waals surface area (Å²) in [6.07, 6.45) is 0.311. The van der Waals surface area contributed by atoms with Gasteiger partial charge in [0.1, 0.15) is 5.01 Å². The summed E-state index contributed by atoms with van der Waals surface area (Å²) >= 11 is 2.88. The minimum Gasteiger partial charge on any atom is -0.339 e. The van der Waals surface area contributed by atoms with Crippen LogP contribution in [0.25, 0.3) is 0 Å². The number of thiophene rings is 1. The highest BCUT2D eigenvalue weighted by Crippen LogP contribution is 2.17. The Hall–Kier alpha value is -3.04. The Kier molecular flexibility index (Phi) is 6.43. The third-order valence-electron chi connectivity index (χ3n) is 5.02. The second-order valence-corrected chi connectivity index (χ2v) is 9.13. The SMILES string of the molecule is Cc1csc(CC(=O)N2CCN(C(=O)c3ccc(NC(=O)c4cccs4)cc3)CC2)n1. The zero-order valence-electron chi connectivity index (χ0n) is 17.0. The minimum absolute atomic E-state index is 0.0484. The van der Waals surface area contributed by atoms with Gasteiger partial charge in [-0.1, -0.05) is 6.07 Å². The fourth-order valence-electron chi connectivity index (χ4n) is 3.36. The summed E-state index contributed by atoms with van der Waals surface area (Å²) in [5.74, 6) is -0.186. The molecule has 31 heavy (non-hydrogen) atoms. The molecule has 0 saturated carbocycles. The predicted octanol–water partition coefficient (Wildman–Crippen LogP) is 3.29. The van der Waals surface area contributed by atoms with Crippen LogP contribution in [0.5, 0.6) is 0 Å². The predicted molar refractivity (Wildman–Crippen MR) is 122 cm³/mol. The van der Waals surface area contributed by atoms with Crippen LogP contribution in [0.2, 0.25) is 0 Å². The minimum atomic E-state index is -0.164. The first kappa shape index (κ1) is 21.2. The number of aromatic nitrogens is 1. The van der Waals surface area contributed by atoms with E-state index in [2.05, 4.69) is 10.3 Å². The average molecular weight is 455 g/mol. The fourth-order valence-corrected chi connectivity index (χ4v) is 4.74. The van der Waals surface area contributed by atoms with E-state index in [1.807, 2.05) is 23.8 Å². The molecule has 0 aliphatic carbocycles. The average Bonchev–Trinajstić information content (AvgIpc) is 3.46. The number of nitrogens with one attached hydrogen (secondary N) is 1. The van der Waals surface area contributed by atoms with Crippen LogP contribution < -0.4 is 5.32 Å². The van der Waals surface area contributed by atoms with Crippen LogP contribution in [-0.4, -0.2) is 58.7 Å². The van der Waals surface area contributed by atoms with E-state index in [1.54, 1.807) is 40.1 Å². The van der Waals surface area contributed by atoms with Crippen LogP contribution in [0, 0.1) is 6.92 Å². The first-order chi connectivity index (χ1) is 15.0. The lowest BCUT2D eigenvalue weighted by Crippen LogP contribution is -2.51. The van der Waals surface area contributed by atoms with Gasteiger partial charge in [0.2, 0.25) is 5.91 Å². The van der Waals surface area contributed by atoms with Gasteiger partial charge in [-0.2, -0.15) is 0 Å². The first-order valence-corrected chi connectivity index (χ1v) is 11.7. The molecule has 2 aromatic heterocycles. The third kappa shape index (κ3) is 5.18. The molecule has 1 aliphatic rings. The van der Waals surface area contributed by atoms with Gasteiger partial charge in [-0.25, -0.2) is 4.98 Å². The molecule has 1 aliphatic heterocycles. The second-order valence-electron chi connectivity index (χ2n) is 7.24. The zero-order valence-corrected chi connectivity index (χ0v) is 18.7. The van der Waals surface area contributed by atoms with E-state index < -0.39 is 0 Å². The molecule has 0 unspecified atom stereocenters. The lowest BCUT2D eigenvalue weighted by atomic mass is 10.1. The zero-order chi connectivity index (χ0) is 21.8. The molecule has 9 heteroatoms. The number of nitrogens with zero attached hydrogens (tertiary/aromatic N) is 3. The second kappa shape index (κ2) is 9.40. The molecule has 1 N–H and O–H groups in total. The number of amides is 3. The van der Waals surface area contributed by atoms with Crippen LogP contribution in [-0.2, 0) is 11.2 Å². The summed E-state index contributed by atoms with van der Waals surface area (Å²) in [5.41, 5.74) is 2.13. The lowest BCUT2D eigenvalue weighted by Gasteiger charge is -2.34. The molecule has 3 aromatic rings. The van der Waals surface area contributed by atoms with Crippen molar-refractivity contribution in [1.82, 2.24) is 14.8 Å². The molecule has 0 bridgehead atoms. The maximum Gasteiger partial charge on any atom is 0.265 e. The van der Waals surface area contributed by atoms with Crippen molar-refractivity contribution in [2.75, 3.05) is 31.5 Å². The van der Waals surface area contributed by atoms with E-state index in [9.17, 15) is 14.4 Å². The highest BCUT2D eigenvalue weighted by molar-refractivity contribution is 7.12. The van der Waals surface area contributed by atoms with E-state index in [1.165, 1.54) is 22.7 Å². The molecule has 1 aromatic carbocycles. The highest BCUT2D eigenvalue weighted by Gasteiger charge is 2.25. The van der Waals surface area contributed by atoms with Crippen molar-refractivity contribution in [1.29, 1.82) is 0 Å². The molecule has 0 atom stereocenters. The molecular formula is C22H22N4O3S2. The fraction of sp³-hybridized carbons (Fsp3) is 0.273. The maximum atomic E-state index is 12.8. The molecule has 0 radical (unpaired) electrons. The quantitative estimate of drug-likeness (QED) is 0.641. The Morgan fingerprint density at radius 1 is 1.00 bits per heavy atom. The van der Waals surface area contributed by atoms with E-state index in [-0.39, 0.29) is 17.7 Å². The molecule has 4 rings (SSSR count). The van der Waals surface area contributed by atoms with Crippen LogP contribution in [0.4, 0.5) is 5.69 Å². The van der Waals surface area contributed by atoms with Crippen molar-refractivity contribution in [3.63, 3.8) is 0 Å². The number of benzene rings is 1. The standard InChI is InChI=1S/C22H22N4O3S2/c1-15-14-31-19(23-15)13-20(27)25-8-10-26(11-9-25)22(29)16-4-6-17(7-5-16)24-21(28)18-3-2-12-30-18/h2-7,12,14H,8-11,13H2,1H3,(H,24,28). The molecule has 1 fully saturated rings. The van der Waals surface area contributed by atoms with Gasteiger partial charge in [-0.3, -0.25) is 14.4 Å². The Bertz CT molecular complexity index is 1070. The summed E-state index contributed by atoms with van der Waals surface area (Å²) in [6.45, 7) is 3.95. The number of rotatable bonds is 5. The van der Waals surface area contributed by atoms with Gasteiger partial charge in [0.25, 0.3) is 11.8 Å². The van der Waals surface area contributed by atoms with Crippen LogP contribution >= 0.6 is 22.7 Å². The van der Waals surface area contributed by atoms with E-state index >= 15 is 0 Å². The summed E-state index contributed by atoms with van der Waals surface area (Å²) in [4.78, 5) is 46.0. The molecule has 7 nitrogen and oxygen atoms in total. The number of thiazole rings is 1. The Balaban J connectivity index is 1.29. The van der Waals surface area contributed by atoms with Gasteiger partial charge in [-0.15, -0.1) is 22.7 Å². The number of carbonyl (C=O) groups is 3. The topological polar surface area (TPSA) is 82.6 Å². The normalized spacial score (nSPS) is 13.8. The third-order valence-corrected chi connectivity index (χ3v) is 6.86. The van der Waals surface area contributed by atoms with Crippen molar-refractivity contribution in [3.8, 4) is 0 Å². The van der Waals surface area contributed by atoms with E-state index in [0.29, 0.717) is 48.7 Å². The maximum absolute atomic E-state index is 12.8. The van der Waals surface area contributed by atoms with E-state index in [4.69, 9.17) is 0 Å². The van der Waals surface area contributed by atoms with Gasteiger partial charge >= 0.3 is 0 Å². The van der Waals surface area contributed by atoms with Crippen LogP contribution in [0.15, 0.2) is 47.2 Å². The van der Waals surface area contributed by atoms with Gasteiger partial charge in [0, 0.05) is 48.5 Å². The van der Waals surface area contributed by atoms with Crippen molar-refractivity contribution in [3.05, 3.63) is 68.3 Å². The largest absolute Gasteiger partial charge is 0.339 e. The van der Waals surface area contributed by atoms with Crippen molar-refractivity contribution in [2.45, 2.75) is 13.3 Å². The monoisotopic (exact) mass is 454 g/mol. The summed E-state index contributed by atoms with van der Waals surface area (Å²) < 4.78 is 0. The first-order valence-electron chi connectivity index (χ1n) is 9.92. The van der Waals surface area contributed by atoms with E-state index in [0.717, 1.165) is 10.7 Å². The number of hydrogen-bond donors (Lipinski definition) is 1. The van der Waals surface area contributed by atoms with Crippen molar-refractivity contribution >= 4 is 46.1 Å². The van der Waals surface area contributed by atoms with Crippen LogP contribution in [0.1, 0.15) is 30.7 Å². The summed E-state index contributed by atoms with van der Waals surface area (Å²) in [6, 6.07) is 10.5. The summed E-state index contributed by atoms with van der Waals surface area (Å²) in [7, 11) is 0. The molecular weight excluding hydrogens is 432 g/mol. The number of anilines is 1. The molecule has 160 valence electrons. The number of carbonyl (C=O) groups excluding carboxylic acids is 3. The Labute approximate surface area is 188 Å². The number of aryl methyl sites for hydroxylation is 1. The molecule has 3 heterocycles. The van der Waals surface area contributed by atoms with Gasteiger partial charge in [0.05, 0.1) is 11.3 Å². The molecule has 0 spiro atoms. The van der Waals surface area contributed by atoms with Gasteiger partial charge in [0.15, 0.2) is 0 Å². The highest BCUT2D eigenvalue weighted by atomic mass is 32.1. The lowest BCUT2D eigenvalue weighted by molar-refractivity contribution is -0.131. The number of hydrogen-bond acceptors (Lipinski definition) is 6. The number of piperazine rings is 1. The summed E-state index contributed by atoms with van der Waals surface area (Å²) in [5, 5.41) is 7.45. The van der Waals surface area contributed by atoms with Crippen LogP contribution in [0.3, 0.4) is 0 Å². The van der Waals surface area contributed by atoms with Crippen molar-refractivity contribution < 1.29 is 14.4 Å². The van der Waals surface area contributed by atoms with Gasteiger partial charge < -0.3 is 15.1 Å². The van der Waals surface area contributed by atoms with Crippen molar-refractivity contribution in [2.24, 2.45) is 0 Å².